The summed E-state index contributed by atoms with van der Waals surface area (Å²) in [5.41, 5.74) is 3.53. The van der Waals surface area contributed by atoms with Gasteiger partial charge >= 0.3 is 0 Å². The molecule has 0 saturated carbocycles. The lowest BCUT2D eigenvalue weighted by atomic mass is 9.76. The van der Waals surface area contributed by atoms with Crippen molar-refractivity contribution in [3.8, 4) is 6.07 Å². The zero-order valence-electron chi connectivity index (χ0n) is 17.6. The van der Waals surface area contributed by atoms with Crippen molar-refractivity contribution in [2.75, 3.05) is 11.1 Å². The number of benzene rings is 2. The predicted molar refractivity (Wildman–Crippen MR) is 123 cm³/mol. The molecule has 0 radical (unpaired) electrons. The van der Waals surface area contributed by atoms with Crippen molar-refractivity contribution in [2.45, 2.75) is 32.1 Å². The summed E-state index contributed by atoms with van der Waals surface area (Å²) in [6.45, 7) is 1.97. The third kappa shape index (κ3) is 4.46. The van der Waals surface area contributed by atoms with Crippen LogP contribution >= 0.6 is 11.8 Å². The number of carbonyl (C=O) groups is 2. The summed E-state index contributed by atoms with van der Waals surface area (Å²) < 4.78 is 14.7. The van der Waals surface area contributed by atoms with E-state index in [9.17, 15) is 19.2 Å². The molecule has 0 aromatic heterocycles. The first kappa shape index (κ1) is 21.8. The maximum atomic E-state index is 14.7. The maximum Gasteiger partial charge on any atom is 0.234 e. The predicted octanol–water partition coefficient (Wildman–Crippen LogP) is 4.94. The van der Waals surface area contributed by atoms with Gasteiger partial charge in [0.1, 0.15) is 5.82 Å². The van der Waals surface area contributed by atoms with E-state index in [0.29, 0.717) is 41.1 Å². The number of nitrogens with zero attached hydrogens (tertiary/aromatic N) is 1. The molecule has 0 bridgehead atoms. The Bertz CT molecular complexity index is 1180. The Morgan fingerprint density at radius 1 is 1.22 bits per heavy atom. The first-order valence-electron chi connectivity index (χ1n) is 10.4. The van der Waals surface area contributed by atoms with E-state index in [1.165, 1.54) is 17.8 Å². The van der Waals surface area contributed by atoms with Crippen LogP contribution in [0.5, 0.6) is 0 Å². The van der Waals surface area contributed by atoms with E-state index >= 15 is 0 Å². The summed E-state index contributed by atoms with van der Waals surface area (Å²) in [6.07, 6.45) is 1.72. The van der Waals surface area contributed by atoms with Crippen LogP contribution in [-0.4, -0.2) is 17.4 Å². The second-order valence-electron chi connectivity index (χ2n) is 7.81. The van der Waals surface area contributed by atoms with Crippen LogP contribution in [0, 0.1) is 24.1 Å². The minimum atomic E-state index is -0.770. The largest absolute Gasteiger partial charge is 0.352 e. The van der Waals surface area contributed by atoms with Crippen molar-refractivity contribution in [3.63, 3.8) is 0 Å². The van der Waals surface area contributed by atoms with Gasteiger partial charge in [0.2, 0.25) is 5.91 Å². The van der Waals surface area contributed by atoms with Gasteiger partial charge in [-0.05, 0) is 38.0 Å². The van der Waals surface area contributed by atoms with Gasteiger partial charge in [-0.15, -0.1) is 0 Å². The van der Waals surface area contributed by atoms with E-state index in [4.69, 9.17) is 0 Å². The summed E-state index contributed by atoms with van der Waals surface area (Å²) in [4.78, 5) is 25.2. The van der Waals surface area contributed by atoms with Crippen LogP contribution in [-0.2, 0) is 9.59 Å². The minimum absolute atomic E-state index is 0.0686. The number of dihydropyridines is 1. The maximum absolute atomic E-state index is 14.7. The van der Waals surface area contributed by atoms with E-state index < -0.39 is 11.7 Å². The van der Waals surface area contributed by atoms with Gasteiger partial charge in [-0.1, -0.05) is 47.7 Å². The smallest absolute Gasteiger partial charge is 0.234 e. The van der Waals surface area contributed by atoms with Gasteiger partial charge in [0, 0.05) is 28.9 Å². The molecule has 4 rings (SSSR count). The third-order valence-corrected chi connectivity index (χ3v) is 6.58. The molecule has 0 saturated heterocycles. The lowest BCUT2D eigenvalue weighted by molar-refractivity contribution is -0.116. The monoisotopic (exact) mass is 447 g/mol. The van der Waals surface area contributed by atoms with Crippen LogP contribution in [0.3, 0.4) is 0 Å². The van der Waals surface area contributed by atoms with Gasteiger partial charge in [0.05, 0.1) is 28.3 Å². The zero-order valence-corrected chi connectivity index (χ0v) is 18.4. The molecule has 2 N–H and O–H groups in total. The molecule has 162 valence electrons. The number of rotatable bonds is 5. The normalized spacial score (nSPS) is 18.0. The summed E-state index contributed by atoms with van der Waals surface area (Å²) in [7, 11) is 0. The molecule has 0 fully saturated rings. The van der Waals surface area contributed by atoms with Crippen molar-refractivity contribution in [1.82, 2.24) is 5.32 Å². The molecule has 2 aromatic carbocycles. The fraction of sp³-hybridized carbons (Fsp3) is 0.240. The van der Waals surface area contributed by atoms with Crippen molar-refractivity contribution in [1.29, 1.82) is 5.26 Å². The van der Waals surface area contributed by atoms with E-state index in [0.717, 1.165) is 11.3 Å². The van der Waals surface area contributed by atoms with Crippen molar-refractivity contribution >= 4 is 29.1 Å². The van der Waals surface area contributed by atoms with Gasteiger partial charge in [0.15, 0.2) is 5.78 Å². The Labute approximate surface area is 190 Å². The van der Waals surface area contributed by atoms with E-state index in [1.807, 2.05) is 31.2 Å². The molecular formula is C25H22FN3O2S. The van der Waals surface area contributed by atoms with Crippen molar-refractivity contribution in [2.24, 2.45) is 0 Å². The summed E-state index contributed by atoms with van der Waals surface area (Å²) in [5, 5.41) is 16.5. The number of nitriles is 1. The second-order valence-corrected chi connectivity index (χ2v) is 8.79. The summed E-state index contributed by atoms with van der Waals surface area (Å²) in [6, 6.07) is 15.9. The quantitative estimate of drug-likeness (QED) is 0.679. The highest BCUT2D eigenvalue weighted by Crippen LogP contribution is 2.44. The molecule has 7 heteroatoms. The van der Waals surface area contributed by atoms with Gasteiger partial charge in [-0.25, -0.2) is 4.39 Å². The number of hydrogen-bond acceptors (Lipinski definition) is 5. The lowest BCUT2D eigenvalue weighted by Gasteiger charge is -2.33. The molecule has 1 aliphatic heterocycles. The number of carbonyl (C=O) groups excluding carboxylic acids is 2. The van der Waals surface area contributed by atoms with Gasteiger partial charge in [-0.3, -0.25) is 9.59 Å². The fourth-order valence-electron chi connectivity index (χ4n) is 4.03. The van der Waals surface area contributed by atoms with Crippen molar-refractivity contribution < 1.29 is 14.0 Å². The van der Waals surface area contributed by atoms with E-state index in [2.05, 4.69) is 16.7 Å². The zero-order chi connectivity index (χ0) is 22.7. The SMILES string of the molecule is Cc1ccc(NC(=O)CSC2=C(C#N)[C@@H](c3ccccc3F)C3=C(CCCC3=O)N2)cc1. The van der Waals surface area contributed by atoms with Crippen LogP contribution < -0.4 is 10.6 Å². The first-order valence-corrected chi connectivity index (χ1v) is 11.4. The van der Waals surface area contributed by atoms with Gasteiger partial charge < -0.3 is 10.6 Å². The molecule has 1 amide bonds. The molecule has 0 spiro atoms. The molecule has 2 aromatic rings. The molecule has 5 nitrogen and oxygen atoms in total. The van der Waals surface area contributed by atoms with Crippen LogP contribution in [0.4, 0.5) is 10.1 Å². The van der Waals surface area contributed by atoms with Gasteiger partial charge in [0.25, 0.3) is 0 Å². The topological polar surface area (TPSA) is 82.0 Å². The minimum Gasteiger partial charge on any atom is -0.352 e. The highest BCUT2D eigenvalue weighted by molar-refractivity contribution is 8.03. The molecule has 1 heterocycles. The van der Waals surface area contributed by atoms with Crippen LogP contribution in [0.1, 0.15) is 36.3 Å². The molecule has 1 aliphatic carbocycles. The number of ketones is 1. The molecule has 2 aliphatic rings. The Balaban J connectivity index is 1.62. The van der Waals surface area contributed by atoms with E-state index in [-0.39, 0.29) is 23.0 Å². The second kappa shape index (κ2) is 9.41. The number of amides is 1. The third-order valence-electron chi connectivity index (χ3n) is 5.56. The molecule has 32 heavy (non-hydrogen) atoms. The van der Waals surface area contributed by atoms with E-state index in [1.54, 1.807) is 18.2 Å². The molecular weight excluding hydrogens is 425 g/mol. The van der Waals surface area contributed by atoms with Crippen molar-refractivity contribution in [3.05, 3.63) is 87.3 Å². The standard InChI is InChI=1S/C25H22FN3O2S/c1-15-9-11-16(12-10-15)28-22(31)14-32-25-18(13-27)23(17-5-2-3-6-19(17)26)24-20(29-25)7-4-8-21(24)30/h2-3,5-6,9-12,23,29H,4,7-8,14H2,1H3,(H,28,31)/t23-/m1/s1. The average molecular weight is 448 g/mol. The van der Waals surface area contributed by atoms with Gasteiger partial charge in [-0.2, -0.15) is 5.26 Å². The number of aryl methyl sites for hydroxylation is 1. The number of anilines is 1. The number of thioether (sulfide) groups is 1. The average Bonchev–Trinajstić information content (AvgIpc) is 2.79. The number of hydrogen-bond donors (Lipinski definition) is 2. The highest BCUT2D eigenvalue weighted by atomic mass is 32.2. The fourth-order valence-corrected chi connectivity index (χ4v) is 4.89. The Kier molecular flexibility index (Phi) is 6.42. The Hall–Kier alpha value is -3.37. The lowest BCUT2D eigenvalue weighted by Crippen LogP contribution is -2.32. The van der Waals surface area contributed by atoms with Crippen LogP contribution in [0.15, 0.2) is 70.4 Å². The molecule has 1 atom stereocenters. The number of halogens is 1. The molecule has 0 unspecified atom stereocenters. The Morgan fingerprint density at radius 3 is 2.69 bits per heavy atom. The van der Waals surface area contributed by atoms with Crippen LogP contribution in [0.2, 0.25) is 0 Å². The summed E-state index contributed by atoms with van der Waals surface area (Å²) >= 11 is 1.19. The Morgan fingerprint density at radius 2 is 1.97 bits per heavy atom. The number of nitrogens with one attached hydrogen (secondary N) is 2. The number of allylic oxidation sites excluding steroid dienone is 3. The van der Waals surface area contributed by atoms with Crippen LogP contribution in [0.25, 0.3) is 0 Å². The highest BCUT2D eigenvalue weighted by Gasteiger charge is 2.38. The summed E-state index contributed by atoms with van der Waals surface area (Å²) in [5.74, 6) is -1.44. The first-order chi connectivity index (χ1) is 15.5. The number of Topliss-reactive ketones (excluding diaryl/α,β-unsaturated/α-hetero) is 1.